The normalized spacial score (nSPS) is 21.2. The molecule has 33 heavy (non-hydrogen) atoms. The van der Waals surface area contributed by atoms with E-state index in [2.05, 4.69) is 10.3 Å². The van der Waals surface area contributed by atoms with Gasteiger partial charge in [-0.25, -0.2) is 4.79 Å². The molecule has 2 heterocycles. The number of pyridine rings is 1. The Morgan fingerprint density at radius 1 is 1.06 bits per heavy atom. The summed E-state index contributed by atoms with van der Waals surface area (Å²) in [5, 5.41) is 2.83. The first kappa shape index (κ1) is 26.7. The third kappa shape index (κ3) is 7.78. The van der Waals surface area contributed by atoms with Crippen LogP contribution < -0.4 is 10.2 Å². The van der Waals surface area contributed by atoms with E-state index in [0.29, 0.717) is 51.1 Å². The summed E-state index contributed by atoms with van der Waals surface area (Å²) in [4.78, 5) is 32.1. The molecule has 0 spiro atoms. The number of hydrogen-bond acceptors (Lipinski definition) is 5. The molecule has 1 saturated carbocycles. The van der Waals surface area contributed by atoms with E-state index in [9.17, 15) is 22.8 Å². The standard InChI is InChI=1S/C21H29F3N4O3.C2H6/c1-20(2,3)31-19(30)26-16-5-4-14(10-16)18(29)28-8-6-27(7-9-28)17-11-15(12-25-13-17)21(22,23)24;1-2/h11-14,16H,4-10H2,1-3H3,(H,26,30);1-2H3. The van der Waals surface area contributed by atoms with Crippen LogP contribution >= 0.6 is 0 Å². The molecule has 1 aliphatic carbocycles. The van der Waals surface area contributed by atoms with Crippen molar-refractivity contribution in [3.63, 3.8) is 0 Å². The van der Waals surface area contributed by atoms with Crippen molar-refractivity contribution in [2.24, 2.45) is 5.92 Å². The molecule has 2 aliphatic rings. The van der Waals surface area contributed by atoms with Gasteiger partial charge in [0.05, 0.1) is 17.4 Å². The van der Waals surface area contributed by atoms with E-state index < -0.39 is 23.4 Å². The van der Waals surface area contributed by atoms with Crippen molar-refractivity contribution in [3.05, 3.63) is 24.0 Å². The number of halogens is 3. The summed E-state index contributed by atoms with van der Waals surface area (Å²) in [5.41, 5.74) is -0.949. The molecular formula is C23H35F3N4O3. The van der Waals surface area contributed by atoms with Gasteiger partial charge in [-0.2, -0.15) is 13.2 Å². The summed E-state index contributed by atoms with van der Waals surface area (Å²) in [6.07, 6.45) is -0.721. The lowest BCUT2D eigenvalue weighted by Crippen LogP contribution is -2.50. The van der Waals surface area contributed by atoms with E-state index in [0.717, 1.165) is 12.3 Å². The molecular weight excluding hydrogens is 437 g/mol. The molecule has 2 unspecified atom stereocenters. The first-order chi connectivity index (χ1) is 15.4. The highest BCUT2D eigenvalue weighted by atomic mass is 19.4. The van der Waals surface area contributed by atoms with Crippen molar-refractivity contribution in [3.8, 4) is 0 Å². The molecule has 7 nitrogen and oxygen atoms in total. The molecule has 1 aliphatic heterocycles. The second kappa shape index (κ2) is 11.1. The maximum Gasteiger partial charge on any atom is 0.417 e. The number of rotatable bonds is 3. The number of piperazine rings is 1. The number of anilines is 1. The number of carbonyl (C=O) groups is 2. The van der Waals surface area contributed by atoms with Gasteiger partial charge in [0.25, 0.3) is 0 Å². The van der Waals surface area contributed by atoms with E-state index in [4.69, 9.17) is 4.74 Å². The summed E-state index contributed by atoms with van der Waals surface area (Å²) in [7, 11) is 0. The number of alkyl carbamates (subject to hydrolysis) is 1. The lowest BCUT2D eigenvalue weighted by molar-refractivity contribution is -0.137. The average Bonchev–Trinajstić information content (AvgIpc) is 3.21. The van der Waals surface area contributed by atoms with Crippen LogP contribution in [-0.2, 0) is 15.7 Å². The number of carbonyl (C=O) groups excluding carboxylic acids is 2. The third-order valence-corrected chi connectivity index (χ3v) is 5.51. The van der Waals surface area contributed by atoms with E-state index in [-0.39, 0.29) is 17.9 Å². The Labute approximate surface area is 193 Å². The van der Waals surface area contributed by atoms with Crippen molar-refractivity contribution >= 4 is 17.7 Å². The maximum atomic E-state index is 12.9. The molecule has 0 aromatic carbocycles. The number of amides is 2. The zero-order valence-electron chi connectivity index (χ0n) is 20.0. The van der Waals surface area contributed by atoms with Crippen molar-refractivity contribution in [2.75, 3.05) is 31.1 Å². The lowest BCUT2D eigenvalue weighted by Gasteiger charge is -2.37. The Morgan fingerprint density at radius 3 is 2.27 bits per heavy atom. The molecule has 10 heteroatoms. The summed E-state index contributed by atoms with van der Waals surface area (Å²) in [6.45, 7) is 11.2. The third-order valence-electron chi connectivity index (χ3n) is 5.51. The molecule has 0 radical (unpaired) electrons. The fraction of sp³-hybridized carbons (Fsp3) is 0.696. The molecule has 2 fully saturated rings. The first-order valence-electron chi connectivity index (χ1n) is 11.5. The van der Waals surface area contributed by atoms with Gasteiger partial charge in [-0.15, -0.1) is 0 Å². The molecule has 1 saturated heterocycles. The minimum absolute atomic E-state index is 0.0373. The van der Waals surface area contributed by atoms with Crippen LogP contribution in [0.4, 0.5) is 23.7 Å². The molecule has 3 rings (SSSR count). The Kier molecular flexibility index (Phi) is 8.97. The number of nitrogens with zero attached hydrogens (tertiary/aromatic N) is 3. The summed E-state index contributed by atoms with van der Waals surface area (Å²) in [6, 6.07) is 0.996. The second-order valence-corrected chi connectivity index (χ2v) is 9.10. The fourth-order valence-electron chi connectivity index (χ4n) is 4.01. The van der Waals surface area contributed by atoms with Crippen LogP contribution in [0.15, 0.2) is 18.5 Å². The Balaban J connectivity index is 0.00000187. The van der Waals surface area contributed by atoms with Crippen LogP contribution in [0.5, 0.6) is 0 Å². The number of ether oxygens (including phenoxy) is 1. The molecule has 1 N–H and O–H groups in total. The number of alkyl halides is 3. The van der Waals surface area contributed by atoms with Gasteiger partial charge >= 0.3 is 12.3 Å². The SMILES string of the molecule is CC.CC(C)(C)OC(=O)NC1CCC(C(=O)N2CCN(c3cncc(C(F)(F)F)c3)CC2)C1. The van der Waals surface area contributed by atoms with Gasteiger partial charge in [0.2, 0.25) is 5.91 Å². The van der Waals surface area contributed by atoms with E-state index in [1.165, 1.54) is 6.20 Å². The second-order valence-electron chi connectivity index (χ2n) is 9.10. The smallest absolute Gasteiger partial charge is 0.417 e. The molecule has 2 amide bonds. The van der Waals surface area contributed by atoms with Crippen LogP contribution in [-0.4, -0.2) is 59.7 Å². The Morgan fingerprint density at radius 2 is 1.70 bits per heavy atom. The van der Waals surface area contributed by atoms with E-state index in [1.54, 1.807) is 25.7 Å². The zero-order chi connectivity index (χ0) is 24.8. The number of nitrogens with one attached hydrogen (secondary N) is 1. The van der Waals surface area contributed by atoms with E-state index >= 15 is 0 Å². The molecule has 1 aromatic heterocycles. The highest BCUT2D eigenvalue weighted by Gasteiger charge is 2.36. The van der Waals surface area contributed by atoms with E-state index in [1.807, 2.05) is 18.7 Å². The van der Waals surface area contributed by atoms with Crippen LogP contribution in [0.3, 0.4) is 0 Å². The first-order valence-corrected chi connectivity index (χ1v) is 11.5. The van der Waals surface area contributed by atoms with Gasteiger partial charge in [-0.05, 0) is 46.1 Å². The average molecular weight is 473 g/mol. The van der Waals surface area contributed by atoms with Crippen molar-refractivity contribution < 1.29 is 27.5 Å². The van der Waals surface area contributed by atoms with Crippen LogP contribution in [0.1, 0.15) is 59.4 Å². The number of aromatic nitrogens is 1. The van der Waals surface area contributed by atoms with Crippen molar-refractivity contribution in [2.45, 2.75) is 71.7 Å². The van der Waals surface area contributed by atoms with Crippen LogP contribution in [0.25, 0.3) is 0 Å². The Hall–Kier alpha value is -2.52. The molecule has 186 valence electrons. The van der Waals surface area contributed by atoms with Gasteiger partial charge in [0.1, 0.15) is 5.60 Å². The molecule has 2 atom stereocenters. The zero-order valence-corrected chi connectivity index (χ0v) is 20.0. The van der Waals surface area contributed by atoms with Gasteiger partial charge in [-0.1, -0.05) is 13.8 Å². The fourth-order valence-corrected chi connectivity index (χ4v) is 4.01. The van der Waals surface area contributed by atoms with Crippen molar-refractivity contribution in [1.82, 2.24) is 15.2 Å². The van der Waals surface area contributed by atoms with Gasteiger partial charge in [-0.3, -0.25) is 9.78 Å². The summed E-state index contributed by atoms with van der Waals surface area (Å²) < 4.78 is 44.0. The van der Waals surface area contributed by atoms with Crippen LogP contribution in [0.2, 0.25) is 0 Å². The lowest BCUT2D eigenvalue weighted by atomic mass is 10.1. The topological polar surface area (TPSA) is 74.8 Å². The molecule has 1 aromatic rings. The van der Waals surface area contributed by atoms with Gasteiger partial charge in [0.15, 0.2) is 0 Å². The highest BCUT2D eigenvalue weighted by molar-refractivity contribution is 5.80. The molecule has 0 bridgehead atoms. The maximum absolute atomic E-state index is 12.9. The predicted octanol–water partition coefficient (Wildman–Crippen LogP) is 4.47. The van der Waals surface area contributed by atoms with Crippen molar-refractivity contribution in [1.29, 1.82) is 0 Å². The largest absolute Gasteiger partial charge is 0.444 e. The minimum Gasteiger partial charge on any atom is -0.444 e. The predicted molar refractivity (Wildman–Crippen MR) is 120 cm³/mol. The summed E-state index contributed by atoms with van der Waals surface area (Å²) in [5.74, 6) is -0.128. The van der Waals surface area contributed by atoms with Gasteiger partial charge < -0.3 is 19.9 Å². The van der Waals surface area contributed by atoms with Crippen LogP contribution in [0, 0.1) is 5.92 Å². The highest BCUT2D eigenvalue weighted by Crippen LogP contribution is 2.32. The Bertz CT molecular complexity index is 803. The number of hydrogen-bond donors (Lipinski definition) is 1. The summed E-state index contributed by atoms with van der Waals surface area (Å²) >= 11 is 0. The quantitative estimate of drug-likeness (QED) is 0.703. The minimum atomic E-state index is -4.44. The van der Waals surface area contributed by atoms with Gasteiger partial charge in [0, 0.05) is 44.3 Å². The monoisotopic (exact) mass is 472 g/mol.